The molecule has 26 heavy (non-hydrogen) atoms. The molecule has 4 rings (SSSR count). The maximum Gasteiger partial charge on any atom is 0.0922 e. The van der Waals surface area contributed by atoms with E-state index in [1.807, 2.05) is 0 Å². The van der Waals surface area contributed by atoms with Crippen LogP contribution in [0, 0.1) is 0 Å². The van der Waals surface area contributed by atoms with Crippen molar-refractivity contribution >= 4 is 18.8 Å². The fourth-order valence-electron chi connectivity index (χ4n) is 3.78. The van der Waals surface area contributed by atoms with Crippen LogP contribution in [0.5, 0.6) is 0 Å². The number of hydrogen-bond donors (Lipinski definition) is 0. The molecule has 0 saturated carbocycles. The minimum atomic E-state index is -0.843. The summed E-state index contributed by atoms with van der Waals surface area (Å²) in [5.41, 5.74) is 2.81. The number of rotatable bonds is 5. The molecule has 2 unspecified atom stereocenters. The molecule has 132 valence electrons. The van der Waals surface area contributed by atoms with E-state index in [2.05, 4.69) is 104 Å². The molecule has 0 radical (unpaired) electrons. The molecule has 1 aliphatic carbocycles. The second-order valence-electron chi connectivity index (χ2n) is 6.92. The summed E-state index contributed by atoms with van der Waals surface area (Å²) in [6.45, 7) is 0. The molecule has 0 fully saturated rings. The number of benzene rings is 3. The molecular formula is C23H24NOP. The van der Waals surface area contributed by atoms with Gasteiger partial charge in [0.25, 0.3) is 0 Å². The highest BCUT2D eigenvalue weighted by Crippen LogP contribution is 2.45. The molecule has 3 heteroatoms. The summed E-state index contributed by atoms with van der Waals surface area (Å²) in [7, 11) is 3.46. The number of nitrogens with zero attached hydrogens (tertiary/aromatic N) is 1. The fourth-order valence-corrected chi connectivity index (χ4v) is 5.66. The van der Waals surface area contributed by atoms with Crippen LogP contribution in [0.1, 0.15) is 17.2 Å². The summed E-state index contributed by atoms with van der Waals surface area (Å²) in [5, 5.41) is 2.53. The van der Waals surface area contributed by atoms with Gasteiger partial charge in [0, 0.05) is 17.0 Å². The minimum absolute atomic E-state index is 0.161. The van der Waals surface area contributed by atoms with E-state index in [0.29, 0.717) is 6.04 Å². The predicted molar refractivity (Wildman–Crippen MR) is 111 cm³/mol. The lowest BCUT2D eigenvalue weighted by Gasteiger charge is -2.30. The Kier molecular flexibility index (Phi) is 5.17. The highest BCUT2D eigenvalue weighted by atomic mass is 31.1. The molecule has 3 aromatic rings. The number of fused-ring (bicyclic) bond motifs is 1. The summed E-state index contributed by atoms with van der Waals surface area (Å²) >= 11 is 0. The quantitative estimate of drug-likeness (QED) is 0.629. The SMILES string of the molecule is CN(C)C1c2ccccc2CC1OP(c1ccccc1)c1ccccc1. The molecule has 0 spiro atoms. The summed E-state index contributed by atoms with van der Waals surface area (Å²) < 4.78 is 6.86. The van der Waals surface area contributed by atoms with E-state index < -0.39 is 8.15 Å². The Hall–Kier alpha value is -1.99. The van der Waals surface area contributed by atoms with Gasteiger partial charge in [-0.3, -0.25) is 0 Å². The van der Waals surface area contributed by atoms with Crippen LogP contribution < -0.4 is 10.6 Å². The zero-order valence-corrected chi connectivity index (χ0v) is 16.1. The van der Waals surface area contributed by atoms with Crippen LogP contribution in [-0.4, -0.2) is 25.1 Å². The average Bonchev–Trinajstić information content (AvgIpc) is 3.06. The molecule has 0 aliphatic heterocycles. The van der Waals surface area contributed by atoms with Gasteiger partial charge in [0.05, 0.1) is 20.3 Å². The van der Waals surface area contributed by atoms with Crippen molar-refractivity contribution in [1.29, 1.82) is 0 Å². The van der Waals surface area contributed by atoms with Crippen LogP contribution >= 0.6 is 8.15 Å². The van der Waals surface area contributed by atoms with E-state index in [1.165, 1.54) is 21.7 Å². The lowest BCUT2D eigenvalue weighted by atomic mass is 10.1. The summed E-state index contributed by atoms with van der Waals surface area (Å²) in [6, 6.07) is 30.3. The maximum absolute atomic E-state index is 6.86. The topological polar surface area (TPSA) is 12.5 Å². The van der Waals surface area contributed by atoms with Crippen molar-refractivity contribution in [1.82, 2.24) is 4.90 Å². The van der Waals surface area contributed by atoms with Crippen molar-refractivity contribution in [3.63, 3.8) is 0 Å². The normalized spacial score (nSPS) is 19.1. The third-order valence-corrected chi connectivity index (χ3v) is 6.94. The molecule has 2 nitrogen and oxygen atoms in total. The van der Waals surface area contributed by atoms with E-state index in [1.54, 1.807) is 0 Å². The van der Waals surface area contributed by atoms with Crippen LogP contribution in [0.15, 0.2) is 84.9 Å². The summed E-state index contributed by atoms with van der Waals surface area (Å²) in [5.74, 6) is 0. The molecular weight excluding hydrogens is 337 g/mol. The van der Waals surface area contributed by atoms with Crippen molar-refractivity contribution in [2.24, 2.45) is 0 Å². The predicted octanol–water partition coefficient (Wildman–Crippen LogP) is 4.28. The van der Waals surface area contributed by atoms with Crippen molar-refractivity contribution in [3.05, 3.63) is 96.1 Å². The zero-order chi connectivity index (χ0) is 17.9. The van der Waals surface area contributed by atoms with Gasteiger partial charge in [-0.1, -0.05) is 84.9 Å². The zero-order valence-electron chi connectivity index (χ0n) is 15.2. The number of hydrogen-bond acceptors (Lipinski definition) is 2. The van der Waals surface area contributed by atoms with Crippen LogP contribution in [0.3, 0.4) is 0 Å². The first kappa shape index (κ1) is 17.4. The molecule has 0 saturated heterocycles. The Balaban J connectivity index is 1.68. The lowest BCUT2D eigenvalue weighted by Crippen LogP contribution is -2.31. The maximum atomic E-state index is 6.86. The summed E-state index contributed by atoms with van der Waals surface area (Å²) in [6.07, 6.45) is 1.13. The fraction of sp³-hybridized carbons (Fsp3) is 0.217. The monoisotopic (exact) mass is 361 g/mol. The van der Waals surface area contributed by atoms with Crippen molar-refractivity contribution < 1.29 is 4.52 Å². The van der Waals surface area contributed by atoms with E-state index >= 15 is 0 Å². The van der Waals surface area contributed by atoms with Crippen LogP contribution in [0.4, 0.5) is 0 Å². The first-order valence-electron chi connectivity index (χ1n) is 9.05. The van der Waals surface area contributed by atoms with Crippen LogP contribution in [0.2, 0.25) is 0 Å². The molecule has 1 aliphatic rings. The van der Waals surface area contributed by atoms with Gasteiger partial charge in [0.2, 0.25) is 0 Å². The summed E-state index contributed by atoms with van der Waals surface area (Å²) in [4.78, 5) is 2.29. The second-order valence-corrected chi connectivity index (χ2v) is 8.75. The lowest BCUT2D eigenvalue weighted by molar-refractivity contribution is 0.126. The Labute approximate surface area is 157 Å². The standard InChI is InChI=1S/C23H24NOP/c1-24(2)23-21-16-10-9-11-18(21)17-22(23)25-26(19-12-5-3-6-13-19)20-14-7-4-8-15-20/h3-16,22-23H,17H2,1-2H3. The van der Waals surface area contributed by atoms with Gasteiger partial charge in [-0.25, -0.2) is 0 Å². The average molecular weight is 361 g/mol. The largest absolute Gasteiger partial charge is 0.344 e. The molecule has 3 aromatic carbocycles. The number of likely N-dealkylation sites (N-methyl/N-ethyl adjacent to an activating group) is 1. The van der Waals surface area contributed by atoms with Gasteiger partial charge in [0.1, 0.15) is 0 Å². The van der Waals surface area contributed by atoms with Gasteiger partial charge in [0.15, 0.2) is 0 Å². The highest BCUT2D eigenvalue weighted by molar-refractivity contribution is 7.68. The third-order valence-electron chi connectivity index (χ3n) is 4.93. The van der Waals surface area contributed by atoms with E-state index in [4.69, 9.17) is 4.52 Å². The van der Waals surface area contributed by atoms with Crippen molar-refractivity contribution in [2.75, 3.05) is 14.1 Å². The van der Waals surface area contributed by atoms with Gasteiger partial charge in [-0.05, 0) is 25.2 Å². The molecule has 0 heterocycles. The Morgan fingerprint density at radius 2 is 1.31 bits per heavy atom. The highest BCUT2D eigenvalue weighted by Gasteiger charge is 2.36. The smallest absolute Gasteiger partial charge is 0.0922 e. The Morgan fingerprint density at radius 1 is 0.769 bits per heavy atom. The van der Waals surface area contributed by atoms with Crippen molar-refractivity contribution in [3.8, 4) is 0 Å². The van der Waals surface area contributed by atoms with Gasteiger partial charge in [-0.15, -0.1) is 0 Å². The van der Waals surface area contributed by atoms with E-state index in [0.717, 1.165) is 6.42 Å². The van der Waals surface area contributed by atoms with E-state index in [-0.39, 0.29) is 6.10 Å². The van der Waals surface area contributed by atoms with Crippen LogP contribution in [0.25, 0.3) is 0 Å². The molecule has 0 bridgehead atoms. The van der Waals surface area contributed by atoms with Crippen molar-refractivity contribution in [2.45, 2.75) is 18.6 Å². The first-order valence-corrected chi connectivity index (χ1v) is 10.3. The molecule has 0 amide bonds. The van der Waals surface area contributed by atoms with Crippen LogP contribution in [-0.2, 0) is 10.9 Å². The van der Waals surface area contributed by atoms with Gasteiger partial charge < -0.3 is 9.42 Å². The minimum Gasteiger partial charge on any atom is -0.344 e. The molecule has 2 atom stereocenters. The van der Waals surface area contributed by atoms with Gasteiger partial charge >= 0.3 is 0 Å². The Bertz CT molecular complexity index is 811. The Morgan fingerprint density at radius 3 is 1.88 bits per heavy atom. The van der Waals surface area contributed by atoms with Gasteiger partial charge in [-0.2, -0.15) is 0 Å². The second kappa shape index (κ2) is 7.72. The molecule has 0 aromatic heterocycles. The molecule has 0 N–H and O–H groups in total. The van der Waals surface area contributed by atoms with E-state index in [9.17, 15) is 0 Å². The first-order chi connectivity index (χ1) is 12.7. The third kappa shape index (κ3) is 3.46.